The Labute approximate surface area is 202 Å². The zero-order valence-electron chi connectivity index (χ0n) is 18.4. The van der Waals surface area contributed by atoms with Crippen molar-refractivity contribution < 1.29 is 26.8 Å². The van der Waals surface area contributed by atoms with E-state index in [9.17, 15) is 5.11 Å². The average Bonchev–Trinajstić information content (AvgIpc) is 2.79. The Morgan fingerprint density at radius 2 is 1.48 bits per heavy atom. The van der Waals surface area contributed by atoms with Crippen LogP contribution in [0.5, 0.6) is 5.75 Å². The van der Waals surface area contributed by atoms with Crippen molar-refractivity contribution in [3.8, 4) is 5.75 Å². The summed E-state index contributed by atoms with van der Waals surface area (Å²) in [5.41, 5.74) is 2.79. The topological polar surface area (TPSA) is 20.2 Å². The number of phenols is 1. The van der Waals surface area contributed by atoms with Crippen LogP contribution < -0.4 is 5.19 Å². The number of aromatic hydroxyl groups is 1. The van der Waals surface area contributed by atoms with Gasteiger partial charge in [-0.2, -0.15) is 6.08 Å². The normalized spacial score (nSPS) is 11.3. The maximum atomic E-state index is 9.38. The molecule has 5 radical (unpaired) electrons. The van der Waals surface area contributed by atoms with E-state index < -0.39 is 8.07 Å². The molecule has 1 N–H and O–H groups in total. The number of benzene rings is 1. The molecule has 0 spiro atoms. The molecule has 2 rings (SSSR count). The molecule has 1 nitrogen and oxygen atoms in total. The van der Waals surface area contributed by atoms with Crippen LogP contribution >= 0.6 is 24.8 Å². The largest absolute Gasteiger partial charge is 3.00 e. The molecule has 27 heavy (non-hydrogen) atoms. The first-order valence-electron chi connectivity index (χ1n) is 7.59. The zero-order chi connectivity index (χ0) is 16.3. The molecule has 0 aromatic heterocycles. The van der Waals surface area contributed by atoms with Gasteiger partial charge in [-0.25, -0.2) is 11.6 Å². The third kappa shape index (κ3) is 15.8. The van der Waals surface area contributed by atoms with E-state index in [-0.39, 0.29) is 72.4 Å². The first kappa shape index (κ1) is 41.6. The summed E-state index contributed by atoms with van der Waals surface area (Å²) >= 11 is 0. The average molecular weight is 480 g/mol. The molecule has 0 unspecified atom stereocenters. The SMILES string of the molecule is CC(C)(C)C1=[C-]CC=C1.Cc1cc(O)cc([Si](C)(C)C)c1.Cl.Cl.[CH3-].[CH3-].[Si].[Ti+3]. The van der Waals surface area contributed by atoms with Crippen LogP contribution in [0.2, 0.25) is 19.6 Å². The van der Waals surface area contributed by atoms with Gasteiger partial charge in [-0.1, -0.05) is 51.7 Å². The van der Waals surface area contributed by atoms with Gasteiger partial charge >= 0.3 is 21.7 Å². The van der Waals surface area contributed by atoms with E-state index in [0.29, 0.717) is 11.2 Å². The van der Waals surface area contributed by atoms with E-state index in [2.05, 4.69) is 64.7 Å². The Morgan fingerprint density at radius 1 is 1.00 bits per heavy atom. The third-order valence-corrected chi connectivity index (χ3v) is 5.45. The van der Waals surface area contributed by atoms with Gasteiger partial charge in [-0.05, 0) is 30.0 Å². The smallest absolute Gasteiger partial charge is 0.508 e. The van der Waals surface area contributed by atoms with Crippen molar-refractivity contribution in [2.45, 2.75) is 53.8 Å². The maximum absolute atomic E-state index is 9.38. The van der Waals surface area contributed by atoms with E-state index in [1.54, 1.807) is 6.07 Å². The minimum atomic E-state index is -1.26. The van der Waals surface area contributed by atoms with E-state index in [4.69, 9.17) is 0 Å². The first-order chi connectivity index (χ1) is 9.50. The molecule has 1 aromatic rings. The number of rotatable bonds is 1. The molecular weight excluding hydrogens is 443 g/mol. The van der Waals surface area contributed by atoms with E-state index in [1.807, 2.05) is 13.0 Å². The van der Waals surface area contributed by atoms with Crippen LogP contribution in [-0.2, 0) is 21.7 Å². The molecule has 0 fully saturated rings. The molecule has 6 heteroatoms. The van der Waals surface area contributed by atoms with Crippen molar-refractivity contribution in [2.75, 3.05) is 0 Å². The molecule has 153 valence electrons. The second kappa shape index (κ2) is 17.1. The van der Waals surface area contributed by atoms with Gasteiger partial charge in [0, 0.05) is 11.0 Å². The van der Waals surface area contributed by atoms with Gasteiger partial charge in [0.1, 0.15) is 5.75 Å². The van der Waals surface area contributed by atoms with Crippen LogP contribution in [0.4, 0.5) is 0 Å². The van der Waals surface area contributed by atoms with Crippen LogP contribution in [0.25, 0.3) is 0 Å². The standard InChI is InChI=1S/C10H16OSi.C9H13.2CH3.2ClH.Si.Ti/c1-8-5-9(11)7-10(6-8)12(2,3)4;1-9(2,3)8-6-4-5-7-8;;;;;;/h5-7,11H,1-4H3;4,6H,5H2,1-3H3;2*1H3;2*1H;;/q;3*-1;;;;+3. The van der Waals surface area contributed by atoms with Crippen molar-refractivity contribution >= 4 is 49.0 Å². The number of allylic oxidation sites excluding steroid dienone is 4. The van der Waals surface area contributed by atoms with Gasteiger partial charge in [0.2, 0.25) is 0 Å². The van der Waals surface area contributed by atoms with Gasteiger partial charge < -0.3 is 20.0 Å². The number of hydrogen-bond donors (Lipinski definition) is 1. The summed E-state index contributed by atoms with van der Waals surface area (Å²) < 4.78 is 0. The van der Waals surface area contributed by atoms with Crippen LogP contribution in [0.3, 0.4) is 0 Å². The summed E-state index contributed by atoms with van der Waals surface area (Å²) in [6.07, 6.45) is 8.63. The Hall–Kier alpha value is 0.228. The molecule has 1 aromatic carbocycles. The van der Waals surface area contributed by atoms with Crippen molar-refractivity contribution in [2.24, 2.45) is 5.41 Å². The molecule has 0 amide bonds. The second-order valence-electron chi connectivity index (χ2n) is 7.75. The fourth-order valence-electron chi connectivity index (χ4n) is 2.12. The summed E-state index contributed by atoms with van der Waals surface area (Å²) in [4.78, 5) is 0. The predicted octanol–water partition coefficient (Wildman–Crippen LogP) is 6.33. The first-order valence-corrected chi connectivity index (χ1v) is 11.1. The number of halogens is 2. The quantitative estimate of drug-likeness (QED) is 0.368. The number of phenolic OH excluding ortho intramolecular Hbond substituents is 1. The van der Waals surface area contributed by atoms with Crippen molar-refractivity contribution in [3.63, 3.8) is 0 Å². The minimum absolute atomic E-state index is 0. The monoisotopic (exact) mass is 479 g/mol. The predicted molar refractivity (Wildman–Crippen MR) is 129 cm³/mol. The fraction of sp³-hybridized carbons (Fsp3) is 0.429. The fourth-order valence-corrected chi connectivity index (χ4v) is 3.36. The van der Waals surface area contributed by atoms with Gasteiger partial charge in [-0.15, -0.1) is 31.2 Å². The van der Waals surface area contributed by atoms with Crippen LogP contribution in [0.15, 0.2) is 35.9 Å². The minimum Gasteiger partial charge on any atom is -0.508 e. The van der Waals surface area contributed by atoms with Gasteiger partial charge in [0.25, 0.3) is 0 Å². The van der Waals surface area contributed by atoms with Gasteiger partial charge in [-0.3, -0.25) is 6.08 Å². The molecule has 0 aliphatic heterocycles. The molecular formula is C21H37Cl2OSi2Ti. The summed E-state index contributed by atoms with van der Waals surface area (Å²) in [5.74, 6) is 0.396. The second-order valence-corrected chi connectivity index (χ2v) is 12.8. The summed E-state index contributed by atoms with van der Waals surface area (Å²) in [6, 6.07) is 5.86. The summed E-state index contributed by atoms with van der Waals surface area (Å²) in [6.45, 7) is 15.5. The van der Waals surface area contributed by atoms with Crippen LogP contribution in [-0.4, -0.2) is 24.1 Å². The Kier molecular flexibility index (Phi) is 26.4. The van der Waals surface area contributed by atoms with Crippen LogP contribution in [0, 0.1) is 33.3 Å². The third-order valence-electron chi connectivity index (χ3n) is 3.43. The van der Waals surface area contributed by atoms with Crippen LogP contribution in [0.1, 0.15) is 32.8 Å². The molecule has 0 bridgehead atoms. The Balaban J connectivity index is -0.0000000682. The molecule has 0 saturated carbocycles. The number of aryl methyl sites for hydroxylation is 1. The van der Waals surface area contributed by atoms with Crippen molar-refractivity contribution in [1.29, 1.82) is 0 Å². The number of hydrogen-bond acceptors (Lipinski definition) is 1. The van der Waals surface area contributed by atoms with E-state index in [0.717, 1.165) is 12.0 Å². The van der Waals surface area contributed by atoms with Crippen molar-refractivity contribution in [3.05, 3.63) is 62.4 Å². The van der Waals surface area contributed by atoms with Gasteiger partial charge in [0.15, 0.2) is 0 Å². The summed E-state index contributed by atoms with van der Waals surface area (Å²) in [7, 11) is -1.26. The van der Waals surface area contributed by atoms with Crippen molar-refractivity contribution in [1.82, 2.24) is 0 Å². The Morgan fingerprint density at radius 3 is 1.74 bits per heavy atom. The van der Waals surface area contributed by atoms with E-state index >= 15 is 0 Å². The molecule has 0 heterocycles. The van der Waals surface area contributed by atoms with E-state index in [1.165, 1.54) is 10.8 Å². The molecule has 1 aliphatic carbocycles. The maximum Gasteiger partial charge on any atom is 3.00 e. The molecule has 1 aliphatic rings. The summed E-state index contributed by atoms with van der Waals surface area (Å²) in [5, 5.41) is 10.7. The zero-order valence-corrected chi connectivity index (χ0v) is 23.6. The Bertz CT molecular complexity index is 540. The molecule has 0 atom stereocenters. The molecule has 0 saturated heterocycles. The van der Waals surface area contributed by atoms with Gasteiger partial charge in [0.05, 0.1) is 8.07 Å².